The second-order valence-electron chi connectivity index (χ2n) is 3.91. The minimum absolute atomic E-state index is 0.199. The molecule has 0 atom stereocenters. The van der Waals surface area contributed by atoms with Crippen molar-refractivity contribution >= 4 is 11.9 Å². The molecule has 0 spiro atoms. The van der Waals surface area contributed by atoms with Crippen LogP contribution in [0.15, 0.2) is 0 Å². The Labute approximate surface area is 119 Å². The van der Waals surface area contributed by atoms with Gasteiger partial charge in [-0.15, -0.1) is 0 Å². The normalized spacial score (nSPS) is 10.6. The highest BCUT2D eigenvalue weighted by Crippen LogP contribution is 1.96. The van der Waals surface area contributed by atoms with Crippen LogP contribution in [0.25, 0.3) is 0 Å². The van der Waals surface area contributed by atoms with Gasteiger partial charge in [0, 0.05) is 20.5 Å². The largest absolute Gasteiger partial charge is 0.463 e. The van der Waals surface area contributed by atoms with Crippen LogP contribution in [0.4, 0.5) is 0 Å². The van der Waals surface area contributed by atoms with Gasteiger partial charge in [0.15, 0.2) is 0 Å². The molecule has 0 rings (SSSR count). The quantitative estimate of drug-likeness (QED) is 0.384. The molecule has 0 aromatic carbocycles. The third-order valence-electron chi connectivity index (χ3n) is 2.08. The van der Waals surface area contributed by atoms with Crippen molar-refractivity contribution in [2.75, 3.05) is 46.2 Å². The molecule has 0 aliphatic rings. The van der Waals surface area contributed by atoms with E-state index in [1.54, 1.807) is 0 Å². The number of esters is 2. The van der Waals surface area contributed by atoms with Crippen molar-refractivity contribution in [3.63, 3.8) is 0 Å². The van der Waals surface area contributed by atoms with E-state index < -0.39 is 0 Å². The molecule has 0 aromatic rings. The first kappa shape index (κ1) is 18.8. The van der Waals surface area contributed by atoms with Gasteiger partial charge in [0.2, 0.25) is 0 Å². The Kier molecular flexibility index (Phi) is 12.1. The molecule has 7 heteroatoms. The zero-order valence-corrected chi connectivity index (χ0v) is 12.4. The zero-order chi connectivity index (χ0) is 15.2. The minimum atomic E-state index is -0.330. The van der Waals surface area contributed by atoms with Crippen LogP contribution in [0.2, 0.25) is 0 Å². The highest BCUT2D eigenvalue weighted by atomic mass is 16.6. The van der Waals surface area contributed by atoms with E-state index in [2.05, 4.69) is 0 Å². The molecule has 0 bridgehead atoms. The van der Waals surface area contributed by atoms with Crippen LogP contribution in [-0.4, -0.2) is 64.3 Å². The molecule has 0 radical (unpaired) electrons. The zero-order valence-electron chi connectivity index (χ0n) is 12.4. The summed E-state index contributed by atoms with van der Waals surface area (Å²) in [7, 11) is 0. The summed E-state index contributed by atoms with van der Waals surface area (Å²) < 4.78 is 25.6. The van der Waals surface area contributed by atoms with E-state index in [1.807, 2.05) is 6.92 Å². The molecule has 0 aliphatic carbocycles. The Morgan fingerprint density at radius 3 is 1.65 bits per heavy atom. The van der Waals surface area contributed by atoms with Gasteiger partial charge in [-0.2, -0.15) is 0 Å². The van der Waals surface area contributed by atoms with Crippen molar-refractivity contribution in [3.05, 3.63) is 0 Å². The number of hydrogen-bond donors (Lipinski definition) is 0. The summed E-state index contributed by atoms with van der Waals surface area (Å²) in [5, 5.41) is 0. The summed E-state index contributed by atoms with van der Waals surface area (Å²) in [5.41, 5.74) is 0. The molecule has 0 unspecified atom stereocenters. The van der Waals surface area contributed by atoms with E-state index >= 15 is 0 Å². The fourth-order valence-electron chi connectivity index (χ4n) is 1.30. The molecule has 20 heavy (non-hydrogen) atoms. The maximum absolute atomic E-state index is 10.5. The predicted octanol–water partition coefficient (Wildman–Crippen LogP) is 0.551. The van der Waals surface area contributed by atoms with Crippen LogP contribution in [0.1, 0.15) is 20.8 Å². The first-order chi connectivity index (χ1) is 9.56. The van der Waals surface area contributed by atoms with E-state index in [4.69, 9.17) is 23.7 Å². The van der Waals surface area contributed by atoms with Gasteiger partial charge in [-0.05, 0) is 6.92 Å². The van der Waals surface area contributed by atoms with Gasteiger partial charge in [0.1, 0.15) is 19.3 Å². The lowest BCUT2D eigenvalue weighted by molar-refractivity contribution is -0.143. The molecule has 0 amide bonds. The molecule has 0 N–H and O–H groups in total. The van der Waals surface area contributed by atoms with Crippen LogP contribution in [0.5, 0.6) is 0 Å². The topological polar surface area (TPSA) is 80.3 Å². The molecule has 0 fully saturated rings. The average Bonchev–Trinajstić information content (AvgIpc) is 2.37. The Hall–Kier alpha value is -1.18. The number of carbonyl (C=O) groups excluding carboxylic acids is 2. The van der Waals surface area contributed by atoms with Crippen molar-refractivity contribution in [2.24, 2.45) is 0 Å². The summed E-state index contributed by atoms with van der Waals surface area (Å²) in [6, 6.07) is 0. The van der Waals surface area contributed by atoms with Gasteiger partial charge in [-0.3, -0.25) is 9.59 Å². The van der Waals surface area contributed by atoms with E-state index in [0.717, 1.165) is 0 Å². The maximum atomic E-state index is 10.5. The third kappa shape index (κ3) is 13.3. The lowest BCUT2D eigenvalue weighted by atomic mass is 10.4. The molecule has 7 nitrogen and oxygen atoms in total. The molecule has 0 aliphatic heterocycles. The Morgan fingerprint density at radius 1 is 0.850 bits per heavy atom. The fourth-order valence-corrected chi connectivity index (χ4v) is 1.30. The van der Waals surface area contributed by atoms with Crippen molar-refractivity contribution in [1.82, 2.24) is 0 Å². The fraction of sp³-hybridized carbons (Fsp3) is 0.846. The van der Waals surface area contributed by atoms with E-state index in [1.165, 1.54) is 13.8 Å². The predicted molar refractivity (Wildman–Crippen MR) is 70.3 cm³/mol. The summed E-state index contributed by atoms with van der Waals surface area (Å²) >= 11 is 0. The van der Waals surface area contributed by atoms with Gasteiger partial charge in [-0.25, -0.2) is 0 Å². The van der Waals surface area contributed by atoms with Crippen molar-refractivity contribution in [3.8, 4) is 0 Å². The molecule has 0 aromatic heterocycles. The highest BCUT2D eigenvalue weighted by molar-refractivity contribution is 5.66. The maximum Gasteiger partial charge on any atom is 0.302 e. The number of rotatable bonds is 12. The summed E-state index contributed by atoms with van der Waals surface area (Å²) in [4.78, 5) is 21.1. The SMILES string of the molecule is CCOC(COCCOC(C)=O)COCCOC(C)=O. The Balaban J connectivity index is 3.59. The summed E-state index contributed by atoms with van der Waals surface area (Å²) in [6.07, 6.45) is -0.199. The second kappa shape index (κ2) is 12.8. The molecule has 0 saturated heterocycles. The lowest BCUT2D eigenvalue weighted by Crippen LogP contribution is -2.27. The first-order valence-electron chi connectivity index (χ1n) is 6.60. The molecular formula is C13H24O7. The Bertz CT molecular complexity index is 243. The third-order valence-corrected chi connectivity index (χ3v) is 2.08. The van der Waals surface area contributed by atoms with E-state index in [0.29, 0.717) is 33.0 Å². The Morgan fingerprint density at radius 2 is 1.30 bits per heavy atom. The van der Waals surface area contributed by atoms with Crippen molar-refractivity contribution in [1.29, 1.82) is 0 Å². The number of ether oxygens (including phenoxy) is 5. The second-order valence-corrected chi connectivity index (χ2v) is 3.91. The van der Waals surface area contributed by atoms with Gasteiger partial charge in [0.25, 0.3) is 0 Å². The smallest absolute Gasteiger partial charge is 0.302 e. The number of carbonyl (C=O) groups is 2. The van der Waals surface area contributed by atoms with Gasteiger partial charge in [-0.1, -0.05) is 0 Å². The van der Waals surface area contributed by atoms with Gasteiger partial charge >= 0.3 is 11.9 Å². The van der Waals surface area contributed by atoms with Crippen LogP contribution in [0.3, 0.4) is 0 Å². The van der Waals surface area contributed by atoms with E-state index in [9.17, 15) is 9.59 Å². The first-order valence-corrected chi connectivity index (χ1v) is 6.60. The van der Waals surface area contributed by atoms with Crippen LogP contribution >= 0.6 is 0 Å². The molecular weight excluding hydrogens is 268 g/mol. The van der Waals surface area contributed by atoms with E-state index in [-0.39, 0.29) is 31.3 Å². The number of hydrogen-bond acceptors (Lipinski definition) is 7. The monoisotopic (exact) mass is 292 g/mol. The molecule has 0 saturated carbocycles. The molecule has 118 valence electrons. The van der Waals surface area contributed by atoms with Gasteiger partial charge < -0.3 is 23.7 Å². The van der Waals surface area contributed by atoms with Gasteiger partial charge in [0.05, 0.1) is 26.4 Å². The average molecular weight is 292 g/mol. The lowest BCUT2D eigenvalue weighted by Gasteiger charge is -2.17. The molecule has 0 heterocycles. The van der Waals surface area contributed by atoms with Crippen molar-refractivity contribution in [2.45, 2.75) is 26.9 Å². The van der Waals surface area contributed by atoms with Crippen LogP contribution in [0, 0.1) is 0 Å². The summed E-state index contributed by atoms with van der Waals surface area (Å²) in [6.45, 7) is 6.90. The standard InChI is InChI=1S/C13H24O7/c1-4-18-13(9-16-5-7-19-11(2)14)10-17-6-8-20-12(3)15/h13H,4-10H2,1-3H3. The minimum Gasteiger partial charge on any atom is -0.463 e. The van der Waals surface area contributed by atoms with Crippen LogP contribution < -0.4 is 0 Å². The van der Waals surface area contributed by atoms with Crippen LogP contribution in [-0.2, 0) is 33.3 Å². The summed E-state index contributed by atoms with van der Waals surface area (Å²) in [5.74, 6) is -0.660. The highest BCUT2D eigenvalue weighted by Gasteiger charge is 2.09. The van der Waals surface area contributed by atoms with Crippen molar-refractivity contribution < 1.29 is 33.3 Å².